The van der Waals surface area contributed by atoms with Crippen LogP contribution in [0.15, 0.2) is 0 Å². The lowest BCUT2D eigenvalue weighted by Crippen LogP contribution is -2.40. The van der Waals surface area contributed by atoms with Crippen molar-refractivity contribution < 1.29 is 52.8 Å². The van der Waals surface area contributed by atoms with E-state index >= 15 is 0 Å². The molecule has 0 spiro atoms. The van der Waals surface area contributed by atoms with Crippen molar-refractivity contribution in [1.82, 2.24) is 15.1 Å². The summed E-state index contributed by atoms with van der Waals surface area (Å²) in [4.78, 5) is 73.9. The van der Waals surface area contributed by atoms with E-state index in [0.717, 1.165) is 4.90 Å². The molecule has 0 aliphatic carbocycles. The number of likely N-dealkylation sites (N-methyl/N-ethyl adjacent to an activating group) is 1. The Labute approximate surface area is 262 Å². The molecule has 2 atom stereocenters. The predicted molar refractivity (Wildman–Crippen MR) is 161 cm³/mol. The SMILES string of the molecule is C[C@@H](C(=O)O)N(C)C(=O)CCC(C)(C)SC1CC(=O)N(CCC(=O)NCCOCCOCCOCCOCCC(N)=O)C1=O. The molecule has 0 saturated carbocycles. The maximum Gasteiger partial charge on any atom is 0.326 e. The van der Waals surface area contributed by atoms with Gasteiger partial charge in [0, 0.05) is 50.6 Å². The molecule has 0 aromatic rings. The lowest BCUT2D eigenvalue weighted by atomic mass is 10.1. The van der Waals surface area contributed by atoms with Crippen molar-refractivity contribution in [3.8, 4) is 0 Å². The molecule has 1 heterocycles. The number of carbonyl (C=O) groups is 6. The number of nitrogens with zero attached hydrogens (tertiary/aromatic N) is 2. The Hall–Kier alpha value is -2.79. The number of nitrogens with one attached hydrogen (secondary N) is 1. The van der Waals surface area contributed by atoms with Crippen molar-refractivity contribution in [2.24, 2.45) is 5.73 Å². The third kappa shape index (κ3) is 16.3. The van der Waals surface area contributed by atoms with E-state index in [1.165, 1.54) is 30.6 Å². The zero-order chi connectivity index (χ0) is 33.1. The van der Waals surface area contributed by atoms with Gasteiger partial charge in [0.15, 0.2) is 0 Å². The van der Waals surface area contributed by atoms with Gasteiger partial charge in [-0.2, -0.15) is 0 Å². The first-order valence-electron chi connectivity index (χ1n) is 14.6. The van der Waals surface area contributed by atoms with Gasteiger partial charge in [0.25, 0.3) is 0 Å². The summed E-state index contributed by atoms with van der Waals surface area (Å²) in [5.41, 5.74) is 5.01. The van der Waals surface area contributed by atoms with Gasteiger partial charge in [0.1, 0.15) is 6.04 Å². The van der Waals surface area contributed by atoms with Crippen LogP contribution in [0.25, 0.3) is 0 Å². The number of hydrogen-bond acceptors (Lipinski definition) is 11. The molecular formula is C28H48N4O11S. The Morgan fingerprint density at radius 3 is 2.07 bits per heavy atom. The molecule has 1 unspecified atom stereocenters. The molecule has 1 aliphatic heterocycles. The van der Waals surface area contributed by atoms with Crippen molar-refractivity contribution in [1.29, 1.82) is 0 Å². The number of rotatable bonds is 25. The smallest absolute Gasteiger partial charge is 0.326 e. The highest BCUT2D eigenvalue weighted by atomic mass is 32.2. The van der Waals surface area contributed by atoms with E-state index in [2.05, 4.69) is 5.32 Å². The number of carbonyl (C=O) groups excluding carboxylic acids is 5. The maximum absolute atomic E-state index is 12.9. The minimum absolute atomic E-state index is 0.0202. The fraction of sp³-hybridized carbons (Fsp3) is 0.786. The first kappa shape index (κ1) is 39.2. The number of ether oxygens (including phenoxy) is 4. The van der Waals surface area contributed by atoms with Crippen LogP contribution in [-0.4, -0.2) is 139 Å². The van der Waals surface area contributed by atoms with E-state index in [1.54, 1.807) is 0 Å². The molecule has 15 nitrogen and oxygen atoms in total. The summed E-state index contributed by atoms with van der Waals surface area (Å²) in [6, 6.07) is -0.942. The average Bonchev–Trinajstić information content (AvgIpc) is 3.22. The van der Waals surface area contributed by atoms with E-state index in [0.29, 0.717) is 46.1 Å². The fourth-order valence-electron chi connectivity index (χ4n) is 3.89. The molecule has 0 aromatic heterocycles. The minimum Gasteiger partial charge on any atom is -0.480 e. The van der Waals surface area contributed by atoms with Gasteiger partial charge >= 0.3 is 5.97 Å². The Morgan fingerprint density at radius 2 is 1.52 bits per heavy atom. The van der Waals surface area contributed by atoms with Gasteiger partial charge in [0.2, 0.25) is 29.5 Å². The molecule has 1 fully saturated rings. The Balaban J connectivity index is 2.16. The van der Waals surface area contributed by atoms with Crippen LogP contribution in [0, 0.1) is 0 Å². The Morgan fingerprint density at radius 1 is 0.977 bits per heavy atom. The number of thioether (sulfide) groups is 1. The number of amides is 5. The highest BCUT2D eigenvalue weighted by Crippen LogP contribution is 2.38. The summed E-state index contributed by atoms with van der Waals surface area (Å²) in [6.07, 6.45) is 0.678. The molecule has 1 aliphatic rings. The Kier molecular flexibility index (Phi) is 18.8. The predicted octanol–water partition coefficient (Wildman–Crippen LogP) is -0.214. The maximum atomic E-state index is 12.9. The van der Waals surface area contributed by atoms with E-state index < -0.39 is 27.9 Å². The molecule has 0 aromatic carbocycles. The molecule has 16 heteroatoms. The van der Waals surface area contributed by atoms with Crippen molar-refractivity contribution in [3.63, 3.8) is 0 Å². The number of carboxylic acid groups (broad SMARTS) is 1. The van der Waals surface area contributed by atoms with Crippen LogP contribution in [-0.2, 0) is 47.7 Å². The van der Waals surface area contributed by atoms with Crippen LogP contribution in [0.4, 0.5) is 0 Å². The van der Waals surface area contributed by atoms with Gasteiger partial charge in [-0.1, -0.05) is 13.8 Å². The normalized spacial score (nSPS) is 15.8. The van der Waals surface area contributed by atoms with E-state index in [4.69, 9.17) is 29.8 Å². The van der Waals surface area contributed by atoms with Crippen LogP contribution >= 0.6 is 11.8 Å². The molecule has 252 valence electrons. The Bertz CT molecular complexity index is 966. The fourth-order valence-corrected chi connectivity index (χ4v) is 5.33. The first-order chi connectivity index (χ1) is 20.7. The molecule has 0 bridgehead atoms. The van der Waals surface area contributed by atoms with Crippen molar-refractivity contribution in [3.05, 3.63) is 0 Å². The van der Waals surface area contributed by atoms with E-state index in [9.17, 15) is 28.8 Å². The lowest BCUT2D eigenvalue weighted by molar-refractivity contribution is -0.148. The number of aliphatic carboxylic acids is 1. The van der Waals surface area contributed by atoms with E-state index in [-0.39, 0.29) is 75.6 Å². The van der Waals surface area contributed by atoms with Gasteiger partial charge in [0.05, 0.1) is 58.1 Å². The van der Waals surface area contributed by atoms with Gasteiger partial charge in [-0.3, -0.25) is 28.9 Å². The largest absolute Gasteiger partial charge is 0.480 e. The second-order valence-corrected chi connectivity index (χ2v) is 12.6. The highest BCUT2D eigenvalue weighted by Gasteiger charge is 2.41. The zero-order valence-corrected chi connectivity index (χ0v) is 27.0. The van der Waals surface area contributed by atoms with Gasteiger partial charge in [-0.05, 0) is 13.3 Å². The molecule has 44 heavy (non-hydrogen) atoms. The zero-order valence-electron chi connectivity index (χ0n) is 26.2. The number of likely N-dealkylation sites (tertiary alicyclic amines) is 1. The van der Waals surface area contributed by atoms with Gasteiger partial charge in [-0.15, -0.1) is 11.8 Å². The number of hydrogen-bond donors (Lipinski definition) is 3. The number of carboxylic acids is 1. The molecule has 1 rings (SSSR count). The summed E-state index contributed by atoms with van der Waals surface area (Å²) in [7, 11) is 1.44. The topological polar surface area (TPSA) is 204 Å². The monoisotopic (exact) mass is 648 g/mol. The van der Waals surface area contributed by atoms with Crippen LogP contribution in [0.2, 0.25) is 0 Å². The van der Waals surface area contributed by atoms with E-state index in [1.807, 2.05) is 13.8 Å². The van der Waals surface area contributed by atoms with Gasteiger partial charge in [-0.25, -0.2) is 4.79 Å². The van der Waals surface area contributed by atoms with Crippen LogP contribution in [0.1, 0.15) is 52.9 Å². The van der Waals surface area contributed by atoms with Crippen molar-refractivity contribution in [2.45, 2.75) is 68.9 Å². The number of nitrogens with two attached hydrogens (primary N) is 1. The first-order valence-corrected chi connectivity index (χ1v) is 15.5. The summed E-state index contributed by atoms with van der Waals surface area (Å²) in [5.74, 6) is -2.82. The summed E-state index contributed by atoms with van der Waals surface area (Å²) in [5, 5.41) is 11.2. The lowest BCUT2D eigenvalue weighted by Gasteiger charge is -2.28. The molecule has 5 amide bonds. The summed E-state index contributed by atoms with van der Waals surface area (Å²) >= 11 is 1.31. The minimum atomic E-state index is -1.09. The van der Waals surface area contributed by atoms with Crippen LogP contribution in [0.3, 0.4) is 0 Å². The second kappa shape index (κ2) is 21.0. The molecule has 4 N–H and O–H groups in total. The quantitative estimate of drug-likeness (QED) is 0.0869. The third-order valence-corrected chi connectivity index (χ3v) is 8.17. The highest BCUT2D eigenvalue weighted by molar-refractivity contribution is 8.02. The third-order valence-electron chi connectivity index (χ3n) is 6.68. The molecule has 0 radical (unpaired) electrons. The average molecular weight is 649 g/mol. The van der Waals surface area contributed by atoms with Crippen molar-refractivity contribution >= 4 is 47.3 Å². The van der Waals surface area contributed by atoms with Crippen LogP contribution < -0.4 is 11.1 Å². The second-order valence-electron chi connectivity index (χ2n) is 10.7. The standard InChI is InChI=1S/C28H48N4O11S/c1-20(27(38)39)31(4)24(35)5-8-28(2,3)44-21-19-25(36)32(26(21)37)10-6-23(34)30-9-12-41-14-16-43-18-17-42-15-13-40-11-7-22(29)33/h20-21H,5-19H2,1-4H3,(H2,29,33)(H,30,34)(H,38,39)/t20-,21?/m0/s1. The number of primary amides is 1. The number of imide groups is 1. The van der Waals surface area contributed by atoms with Crippen LogP contribution in [0.5, 0.6) is 0 Å². The van der Waals surface area contributed by atoms with Crippen molar-refractivity contribution in [2.75, 3.05) is 73.0 Å². The molecule has 1 saturated heterocycles. The van der Waals surface area contributed by atoms with Gasteiger partial charge < -0.3 is 40.0 Å². The summed E-state index contributed by atoms with van der Waals surface area (Å²) in [6.45, 7) is 8.20. The summed E-state index contributed by atoms with van der Waals surface area (Å²) < 4.78 is 20.8. The molecular weight excluding hydrogens is 600 g/mol.